The lowest BCUT2D eigenvalue weighted by Gasteiger charge is -2.25. The molecule has 0 saturated carbocycles. The molecular formula is C20H30N2O2. The Morgan fingerprint density at radius 2 is 2.12 bits per heavy atom. The molecule has 0 saturated heterocycles. The van der Waals surface area contributed by atoms with Gasteiger partial charge in [-0.1, -0.05) is 24.3 Å². The topological polar surface area (TPSA) is 41.6 Å². The van der Waals surface area contributed by atoms with Crippen LogP contribution in [0.3, 0.4) is 0 Å². The summed E-state index contributed by atoms with van der Waals surface area (Å²) in [5.41, 5.74) is 1.74. The summed E-state index contributed by atoms with van der Waals surface area (Å²) in [5.74, 6) is 0.711. The van der Waals surface area contributed by atoms with Gasteiger partial charge in [-0.2, -0.15) is 0 Å². The van der Waals surface area contributed by atoms with Gasteiger partial charge in [-0.25, -0.2) is 4.79 Å². The molecule has 1 atom stereocenters. The third kappa shape index (κ3) is 6.26. The van der Waals surface area contributed by atoms with E-state index in [4.69, 9.17) is 4.74 Å². The van der Waals surface area contributed by atoms with Crippen LogP contribution < -0.4 is 5.32 Å². The van der Waals surface area contributed by atoms with Crippen LogP contribution in [0.1, 0.15) is 45.6 Å². The standard InChI is InChI=1S/C20H30N2O2/c1-20(2,3)24-19(23)22(4)15-17-11-8-12-18(13-17)21-14-16-9-6-5-7-10-16/h5-6,8,11-13,16,21H,7,9-10,14-15H2,1-4H3. The van der Waals surface area contributed by atoms with Crippen molar-refractivity contribution in [2.75, 3.05) is 18.9 Å². The second-order valence-electron chi connectivity index (χ2n) is 7.57. The van der Waals surface area contributed by atoms with Gasteiger partial charge in [0.2, 0.25) is 0 Å². The highest BCUT2D eigenvalue weighted by Gasteiger charge is 2.19. The third-order valence-corrected chi connectivity index (χ3v) is 4.02. The molecule has 4 heteroatoms. The molecule has 0 spiro atoms. The summed E-state index contributed by atoms with van der Waals surface area (Å²) in [6.07, 6.45) is 7.85. The quantitative estimate of drug-likeness (QED) is 0.787. The van der Waals surface area contributed by atoms with Crippen molar-refractivity contribution in [3.63, 3.8) is 0 Å². The highest BCUT2D eigenvalue weighted by atomic mass is 16.6. The number of carbonyl (C=O) groups excluding carboxylic acids is 1. The van der Waals surface area contributed by atoms with Gasteiger partial charge in [0.15, 0.2) is 0 Å². The Balaban J connectivity index is 1.87. The molecule has 1 N–H and O–H groups in total. The molecule has 132 valence electrons. The molecule has 0 radical (unpaired) electrons. The van der Waals surface area contributed by atoms with E-state index in [1.807, 2.05) is 32.9 Å². The molecule has 1 unspecified atom stereocenters. The number of anilines is 1. The number of nitrogens with zero attached hydrogens (tertiary/aromatic N) is 1. The van der Waals surface area contributed by atoms with E-state index in [0.717, 1.165) is 24.2 Å². The first-order valence-corrected chi connectivity index (χ1v) is 8.75. The number of ether oxygens (including phenoxy) is 1. The number of nitrogens with one attached hydrogen (secondary N) is 1. The van der Waals surface area contributed by atoms with Crippen molar-refractivity contribution >= 4 is 11.8 Å². The van der Waals surface area contributed by atoms with Gasteiger partial charge in [-0.15, -0.1) is 0 Å². The third-order valence-electron chi connectivity index (χ3n) is 4.02. The number of rotatable bonds is 5. The van der Waals surface area contributed by atoms with Crippen LogP contribution in [-0.4, -0.2) is 30.2 Å². The van der Waals surface area contributed by atoms with Crippen molar-refractivity contribution in [3.8, 4) is 0 Å². The average Bonchev–Trinajstić information content (AvgIpc) is 2.53. The molecule has 1 amide bonds. The van der Waals surface area contributed by atoms with Gasteiger partial charge in [0.1, 0.15) is 5.60 Å². The lowest BCUT2D eigenvalue weighted by molar-refractivity contribution is 0.0285. The van der Waals surface area contributed by atoms with E-state index in [1.54, 1.807) is 11.9 Å². The monoisotopic (exact) mass is 330 g/mol. The SMILES string of the molecule is CN(Cc1cccc(NCC2CC=CCC2)c1)C(=O)OC(C)(C)C. The zero-order valence-corrected chi connectivity index (χ0v) is 15.3. The highest BCUT2D eigenvalue weighted by Crippen LogP contribution is 2.20. The van der Waals surface area contributed by atoms with Crippen LogP contribution in [0.15, 0.2) is 36.4 Å². The molecule has 0 aliphatic heterocycles. The van der Waals surface area contributed by atoms with Gasteiger partial charge < -0.3 is 15.0 Å². The summed E-state index contributed by atoms with van der Waals surface area (Å²) in [4.78, 5) is 13.7. The molecule has 1 aromatic carbocycles. The summed E-state index contributed by atoms with van der Waals surface area (Å²) in [5, 5.41) is 3.53. The number of hydrogen-bond acceptors (Lipinski definition) is 3. The zero-order valence-electron chi connectivity index (χ0n) is 15.3. The first-order valence-electron chi connectivity index (χ1n) is 8.75. The maximum Gasteiger partial charge on any atom is 0.410 e. The molecule has 0 aromatic heterocycles. The van der Waals surface area contributed by atoms with Crippen LogP contribution in [0.4, 0.5) is 10.5 Å². The Kier molecular flexibility index (Phi) is 6.29. The van der Waals surface area contributed by atoms with E-state index < -0.39 is 5.60 Å². The fraction of sp³-hybridized carbons (Fsp3) is 0.550. The second-order valence-corrected chi connectivity index (χ2v) is 7.57. The Hall–Kier alpha value is -1.97. The molecule has 1 aliphatic carbocycles. The molecule has 4 nitrogen and oxygen atoms in total. The zero-order chi connectivity index (χ0) is 17.6. The van der Waals surface area contributed by atoms with E-state index >= 15 is 0 Å². The van der Waals surface area contributed by atoms with E-state index in [2.05, 4.69) is 29.6 Å². The number of hydrogen-bond donors (Lipinski definition) is 1. The normalized spacial score (nSPS) is 17.4. The van der Waals surface area contributed by atoms with Crippen molar-refractivity contribution in [2.24, 2.45) is 5.92 Å². The first kappa shape index (κ1) is 18.4. The molecule has 0 fully saturated rings. The Morgan fingerprint density at radius 1 is 1.33 bits per heavy atom. The number of amides is 1. The smallest absolute Gasteiger partial charge is 0.410 e. The van der Waals surface area contributed by atoms with Crippen molar-refractivity contribution in [3.05, 3.63) is 42.0 Å². The maximum atomic E-state index is 12.1. The van der Waals surface area contributed by atoms with Crippen LogP contribution in [0.2, 0.25) is 0 Å². The first-order chi connectivity index (χ1) is 11.3. The van der Waals surface area contributed by atoms with Gasteiger partial charge in [0.05, 0.1) is 0 Å². The van der Waals surface area contributed by atoms with E-state index in [0.29, 0.717) is 12.5 Å². The highest BCUT2D eigenvalue weighted by molar-refractivity contribution is 5.67. The van der Waals surface area contributed by atoms with Crippen LogP contribution >= 0.6 is 0 Å². The molecule has 24 heavy (non-hydrogen) atoms. The molecule has 0 bridgehead atoms. The van der Waals surface area contributed by atoms with Gasteiger partial charge in [-0.05, 0) is 63.6 Å². The minimum absolute atomic E-state index is 0.296. The molecule has 0 heterocycles. The number of allylic oxidation sites excluding steroid dienone is 2. The van der Waals surface area contributed by atoms with Crippen molar-refractivity contribution in [1.29, 1.82) is 0 Å². The van der Waals surface area contributed by atoms with Gasteiger partial charge in [0.25, 0.3) is 0 Å². The Morgan fingerprint density at radius 3 is 2.79 bits per heavy atom. The largest absolute Gasteiger partial charge is 0.444 e. The predicted octanol–water partition coefficient (Wildman–Crippen LogP) is 4.82. The van der Waals surface area contributed by atoms with E-state index in [9.17, 15) is 4.79 Å². The summed E-state index contributed by atoms with van der Waals surface area (Å²) in [7, 11) is 1.77. The lowest BCUT2D eigenvalue weighted by atomic mass is 9.94. The van der Waals surface area contributed by atoms with Gasteiger partial charge in [0, 0.05) is 25.8 Å². The summed E-state index contributed by atoms with van der Waals surface area (Å²) in [6.45, 7) is 7.17. The minimum atomic E-state index is -0.469. The Bertz CT molecular complexity index is 575. The van der Waals surface area contributed by atoms with E-state index in [-0.39, 0.29) is 6.09 Å². The number of carbonyl (C=O) groups is 1. The predicted molar refractivity (Wildman–Crippen MR) is 99.1 cm³/mol. The molecular weight excluding hydrogens is 300 g/mol. The van der Waals surface area contributed by atoms with Gasteiger partial charge >= 0.3 is 6.09 Å². The summed E-state index contributed by atoms with van der Waals surface area (Å²) < 4.78 is 5.39. The molecule has 1 aromatic rings. The second kappa shape index (κ2) is 8.22. The summed E-state index contributed by atoms with van der Waals surface area (Å²) in [6, 6.07) is 8.26. The van der Waals surface area contributed by atoms with Crippen molar-refractivity contribution in [2.45, 2.75) is 52.2 Å². The van der Waals surface area contributed by atoms with Crippen LogP contribution in [0, 0.1) is 5.92 Å². The molecule has 1 aliphatic rings. The lowest BCUT2D eigenvalue weighted by Crippen LogP contribution is -2.33. The fourth-order valence-corrected chi connectivity index (χ4v) is 2.76. The average molecular weight is 330 g/mol. The summed E-state index contributed by atoms with van der Waals surface area (Å²) >= 11 is 0. The maximum absolute atomic E-state index is 12.1. The van der Waals surface area contributed by atoms with Crippen LogP contribution in [0.25, 0.3) is 0 Å². The minimum Gasteiger partial charge on any atom is -0.444 e. The van der Waals surface area contributed by atoms with Crippen molar-refractivity contribution < 1.29 is 9.53 Å². The Labute approximate surface area is 145 Å². The van der Waals surface area contributed by atoms with Gasteiger partial charge in [-0.3, -0.25) is 0 Å². The fourth-order valence-electron chi connectivity index (χ4n) is 2.76. The van der Waals surface area contributed by atoms with Crippen LogP contribution in [0.5, 0.6) is 0 Å². The van der Waals surface area contributed by atoms with Crippen molar-refractivity contribution in [1.82, 2.24) is 4.90 Å². The molecule has 2 rings (SSSR count). The van der Waals surface area contributed by atoms with Crippen LogP contribution in [-0.2, 0) is 11.3 Å². The number of benzene rings is 1. The van der Waals surface area contributed by atoms with E-state index in [1.165, 1.54) is 12.8 Å².